The molecule has 0 aromatic carbocycles. The van der Waals surface area contributed by atoms with Crippen LogP contribution in [0.1, 0.15) is 9.67 Å². The highest BCUT2D eigenvalue weighted by molar-refractivity contribution is 7.12. The van der Waals surface area contributed by atoms with Crippen LogP contribution in [0.3, 0.4) is 0 Å². The molecule has 0 aliphatic carbocycles. The molecule has 11 nitrogen and oxygen atoms in total. The van der Waals surface area contributed by atoms with Gasteiger partial charge in [0, 0.05) is 0 Å². The third-order valence-electron chi connectivity index (χ3n) is 2.51. The Balaban J connectivity index is 1.89. The zero-order chi connectivity index (χ0) is 16.8. The van der Waals surface area contributed by atoms with Gasteiger partial charge in [0.2, 0.25) is 11.6 Å². The zero-order valence-corrected chi connectivity index (χ0v) is 12.3. The van der Waals surface area contributed by atoms with Gasteiger partial charge in [-0.15, -0.1) is 11.3 Å². The molecule has 0 aliphatic rings. The second kappa shape index (κ2) is 7.13. The van der Waals surface area contributed by atoms with E-state index in [4.69, 9.17) is 5.73 Å². The number of thiophene rings is 1. The molecule has 2 aromatic heterocycles. The summed E-state index contributed by atoms with van der Waals surface area (Å²) in [5.74, 6) is -1.62. The van der Waals surface area contributed by atoms with Crippen molar-refractivity contribution in [2.45, 2.75) is 0 Å². The number of carbonyl (C=O) groups is 2. The van der Waals surface area contributed by atoms with Crippen molar-refractivity contribution in [2.75, 3.05) is 17.7 Å². The van der Waals surface area contributed by atoms with Crippen LogP contribution in [0, 0.1) is 10.1 Å². The van der Waals surface area contributed by atoms with E-state index in [0.717, 1.165) is 6.33 Å². The standard InChI is InChI=1S/C11H11N7O4S/c12-9-8(18(21)22)10(15-5-14-9)17-16-7(19)4-13-11(20)6-2-1-3-23-6/h1-3,5H,4H2,(H,13,20)(H,16,19)(H3,12,14,15,17). The lowest BCUT2D eigenvalue weighted by Gasteiger charge is -2.09. The number of amides is 2. The van der Waals surface area contributed by atoms with Gasteiger partial charge in [0.05, 0.1) is 16.3 Å². The van der Waals surface area contributed by atoms with E-state index >= 15 is 0 Å². The number of nitrogens with zero attached hydrogens (tertiary/aromatic N) is 3. The Morgan fingerprint density at radius 1 is 1.39 bits per heavy atom. The Labute approximate surface area is 133 Å². The molecule has 0 atom stereocenters. The van der Waals surface area contributed by atoms with E-state index in [1.54, 1.807) is 17.5 Å². The highest BCUT2D eigenvalue weighted by Gasteiger charge is 2.21. The molecule has 0 saturated carbocycles. The fraction of sp³-hybridized carbons (Fsp3) is 0.0909. The minimum atomic E-state index is -0.775. The molecule has 12 heteroatoms. The van der Waals surface area contributed by atoms with Crippen LogP contribution in [0.5, 0.6) is 0 Å². The Hall–Kier alpha value is -3.28. The summed E-state index contributed by atoms with van der Waals surface area (Å²) in [7, 11) is 0. The second-order valence-electron chi connectivity index (χ2n) is 4.05. The lowest BCUT2D eigenvalue weighted by atomic mass is 10.4. The number of rotatable bonds is 6. The van der Waals surface area contributed by atoms with E-state index in [-0.39, 0.29) is 18.2 Å². The van der Waals surface area contributed by atoms with Crippen molar-refractivity contribution in [3.8, 4) is 0 Å². The predicted octanol–water partition coefficient (Wildman–Crippen LogP) is -0.0984. The third kappa shape index (κ3) is 4.10. The van der Waals surface area contributed by atoms with Gasteiger partial charge in [-0.05, 0) is 11.4 Å². The van der Waals surface area contributed by atoms with Gasteiger partial charge < -0.3 is 11.1 Å². The Morgan fingerprint density at radius 2 is 2.17 bits per heavy atom. The van der Waals surface area contributed by atoms with E-state index < -0.39 is 22.4 Å². The fourth-order valence-electron chi connectivity index (χ4n) is 1.49. The van der Waals surface area contributed by atoms with Gasteiger partial charge >= 0.3 is 5.69 Å². The molecule has 0 spiro atoms. The number of hydrogen-bond acceptors (Lipinski definition) is 9. The average molecular weight is 337 g/mol. The van der Waals surface area contributed by atoms with Crippen LogP contribution in [0.25, 0.3) is 0 Å². The number of hydrazine groups is 1. The molecule has 0 aliphatic heterocycles. The van der Waals surface area contributed by atoms with E-state index in [2.05, 4.69) is 26.1 Å². The lowest BCUT2D eigenvalue weighted by Crippen LogP contribution is -2.39. The summed E-state index contributed by atoms with van der Waals surface area (Å²) >= 11 is 1.23. The van der Waals surface area contributed by atoms with Crippen LogP contribution in [0.4, 0.5) is 17.3 Å². The minimum Gasteiger partial charge on any atom is -0.378 e. The first-order chi connectivity index (χ1) is 11.0. The van der Waals surface area contributed by atoms with Crippen molar-refractivity contribution in [3.63, 3.8) is 0 Å². The quantitative estimate of drug-likeness (QED) is 0.419. The van der Waals surface area contributed by atoms with Crippen LogP contribution in [0.2, 0.25) is 0 Å². The van der Waals surface area contributed by atoms with Gasteiger partial charge in [-0.25, -0.2) is 9.97 Å². The average Bonchev–Trinajstić information content (AvgIpc) is 3.04. The SMILES string of the molecule is Nc1ncnc(NNC(=O)CNC(=O)c2cccs2)c1[N+](=O)[O-]. The summed E-state index contributed by atoms with van der Waals surface area (Å²) in [4.78, 5) is 40.9. The first-order valence-electron chi connectivity index (χ1n) is 6.10. The molecular weight excluding hydrogens is 326 g/mol. The molecular formula is C11H11N7O4S. The summed E-state index contributed by atoms with van der Waals surface area (Å²) in [6, 6.07) is 3.32. The Morgan fingerprint density at radius 3 is 2.83 bits per heavy atom. The van der Waals surface area contributed by atoms with Gasteiger partial charge in [-0.3, -0.25) is 30.6 Å². The Bertz CT molecular complexity index is 734. The molecule has 0 saturated heterocycles. The summed E-state index contributed by atoms with van der Waals surface area (Å²) in [5, 5.41) is 15.0. The molecule has 5 N–H and O–H groups in total. The maximum absolute atomic E-state index is 11.6. The summed E-state index contributed by atoms with van der Waals surface area (Å²) in [6.07, 6.45) is 1.01. The molecule has 23 heavy (non-hydrogen) atoms. The van der Waals surface area contributed by atoms with Crippen molar-refractivity contribution in [1.82, 2.24) is 20.7 Å². The van der Waals surface area contributed by atoms with E-state index in [9.17, 15) is 19.7 Å². The smallest absolute Gasteiger partial charge is 0.354 e. The van der Waals surface area contributed by atoms with E-state index in [1.807, 2.05) is 0 Å². The zero-order valence-electron chi connectivity index (χ0n) is 11.5. The summed E-state index contributed by atoms with van der Waals surface area (Å²) in [5.41, 5.74) is 9.26. The fourth-order valence-corrected chi connectivity index (χ4v) is 2.13. The molecule has 0 fully saturated rings. The molecule has 2 aromatic rings. The largest absolute Gasteiger partial charge is 0.378 e. The molecule has 0 bridgehead atoms. The molecule has 0 unspecified atom stereocenters. The lowest BCUT2D eigenvalue weighted by molar-refractivity contribution is -0.383. The molecule has 2 heterocycles. The second-order valence-corrected chi connectivity index (χ2v) is 4.99. The van der Waals surface area contributed by atoms with Crippen molar-refractivity contribution in [2.24, 2.45) is 0 Å². The normalized spacial score (nSPS) is 9.91. The number of nitrogens with two attached hydrogens (primary N) is 1. The number of aromatic nitrogens is 2. The number of hydrogen-bond donors (Lipinski definition) is 4. The van der Waals surface area contributed by atoms with Crippen molar-refractivity contribution < 1.29 is 14.5 Å². The van der Waals surface area contributed by atoms with Gasteiger partial charge in [-0.2, -0.15) is 0 Å². The first kappa shape index (κ1) is 16.1. The molecule has 2 rings (SSSR count). The van der Waals surface area contributed by atoms with Crippen molar-refractivity contribution in [3.05, 3.63) is 38.8 Å². The number of nitrogens with one attached hydrogen (secondary N) is 3. The third-order valence-corrected chi connectivity index (χ3v) is 3.38. The monoisotopic (exact) mass is 337 g/mol. The van der Waals surface area contributed by atoms with Crippen LogP contribution in [0.15, 0.2) is 23.8 Å². The van der Waals surface area contributed by atoms with Crippen molar-refractivity contribution >= 4 is 40.5 Å². The van der Waals surface area contributed by atoms with E-state index in [0.29, 0.717) is 4.88 Å². The number of nitro groups is 1. The summed E-state index contributed by atoms with van der Waals surface area (Å²) < 4.78 is 0. The van der Waals surface area contributed by atoms with E-state index in [1.165, 1.54) is 11.3 Å². The van der Waals surface area contributed by atoms with Crippen LogP contribution < -0.4 is 21.9 Å². The Kier molecular flexibility index (Phi) is 4.99. The van der Waals surface area contributed by atoms with Crippen molar-refractivity contribution in [1.29, 1.82) is 0 Å². The number of nitrogen functional groups attached to an aromatic ring is 1. The topological polar surface area (TPSA) is 165 Å². The van der Waals surface area contributed by atoms with Gasteiger partial charge in [-0.1, -0.05) is 6.07 Å². The maximum atomic E-state index is 11.6. The van der Waals surface area contributed by atoms with Crippen LogP contribution in [-0.2, 0) is 4.79 Å². The highest BCUT2D eigenvalue weighted by atomic mass is 32.1. The van der Waals surface area contributed by atoms with Gasteiger partial charge in [0.15, 0.2) is 0 Å². The van der Waals surface area contributed by atoms with Crippen LogP contribution in [-0.4, -0.2) is 33.3 Å². The summed E-state index contributed by atoms with van der Waals surface area (Å²) in [6.45, 7) is -0.321. The number of carbonyl (C=O) groups excluding carboxylic acids is 2. The predicted molar refractivity (Wildman–Crippen MR) is 81.5 cm³/mol. The highest BCUT2D eigenvalue weighted by Crippen LogP contribution is 2.25. The van der Waals surface area contributed by atoms with Gasteiger partial charge in [0.1, 0.15) is 6.33 Å². The minimum absolute atomic E-state index is 0.263. The molecule has 120 valence electrons. The first-order valence-corrected chi connectivity index (χ1v) is 6.98. The maximum Gasteiger partial charge on any atom is 0.354 e. The van der Waals surface area contributed by atoms with Gasteiger partial charge in [0.25, 0.3) is 11.8 Å². The number of anilines is 2. The molecule has 2 amide bonds. The molecule has 0 radical (unpaired) electrons. The van der Waals surface area contributed by atoms with Crippen LogP contribution >= 0.6 is 11.3 Å².